The van der Waals surface area contributed by atoms with Gasteiger partial charge in [0, 0.05) is 17.1 Å². The molecule has 0 aliphatic heterocycles. The van der Waals surface area contributed by atoms with Gasteiger partial charge in [0.15, 0.2) is 0 Å². The summed E-state index contributed by atoms with van der Waals surface area (Å²) in [6.07, 6.45) is 5.56. The van der Waals surface area contributed by atoms with Crippen LogP contribution in [0.5, 0.6) is 0 Å². The van der Waals surface area contributed by atoms with E-state index in [0.29, 0.717) is 16.9 Å². The molecule has 0 saturated heterocycles. The van der Waals surface area contributed by atoms with Crippen LogP contribution in [0, 0.1) is 12.8 Å². The molecule has 0 spiro atoms. The number of aromatic amines is 1. The highest BCUT2D eigenvalue weighted by Gasteiger charge is 2.11. The molecule has 34 heavy (non-hydrogen) atoms. The Hall–Kier alpha value is -3.99. The molecular formula is C29H29N3O2. The zero-order valence-electron chi connectivity index (χ0n) is 19.8. The Morgan fingerprint density at radius 3 is 2.59 bits per heavy atom. The lowest BCUT2D eigenvalue weighted by Crippen LogP contribution is -2.10. The Bertz CT molecular complexity index is 1480. The molecule has 1 N–H and O–H groups in total. The molecule has 0 saturated carbocycles. The molecule has 5 heteroatoms. The van der Waals surface area contributed by atoms with Gasteiger partial charge >= 0.3 is 0 Å². The zero-order valence-corrected chi connectivity index (χ0v) is 19.8. The van der Waals surface area contributed by atoms with Crippen molar-refractivity contribution in [3.05, 3.63) is 112 Å². The number of H-pyrrole nitrogens is 1. The predicted molar refractivity (Wildman–Crippen MR) is 138 cm³/mol. The number of carbonyl (C=O) groups excluding carboxylic acids is 1. The molecule has 0 bridgehead atoms. The summed E-state index contributed by atoms with van der Waals surface area (Å²) in [5, 5.41) is 1.78. The van der Waals surface area contributed by atoms with Crippen LogP contribution in [0.15, 0.2) is 90.1 Å². The molecule has 2 aromatic heterocycles. The Morgan fingerprint density at radius 2 is 1.82 bits per heavy atom. The van der Waals surface area contributed by atoms with Gasteiger partial charge in [-0.05, 0) is 67.3 Å². The number of benzene rings is 3. The number of nitrogens with one attached hydrogen (secondary N) is 1. The molecule has 172 valence electrons. The average molecular weight is 452 g/mol. The quantitative estimate of drug-likeness (QED) is 0.356. The van der Waals surface area contributed by atoms with Gasteiger partial charge in [-0.1, -0.05) is 56.2 Å². The Morgan fingerprint density at radius 1 is 1.03 bits per heavy atom. The normalized spacial score (nSPS) is 11.7. The van der Waals surface area contributed by atoms with Crippen LogP contribution >= 0.6 is 0 Å². The first kappa shape index (κ1) is 23.2. The molecule has 3 aromatic carbocycles. The molecule has 2 heterocycles. The van der Waals surface area contributed by atoms with E-state index in [9.17, 15) is 9.59 Å². The molecule has 0 radical (unpaired) electrons. The number of carbonyl (C=O) groups is 1. The fraction of sp³-hybridized carbons (Fsp3) is 0.207. The molecule has 5 nitrogen and oxygen atoms in total. The van der Waals surface area contributed by atoms with Crippen LogP contribution < -0.4 is 5.56 Å². The first-order valence-electron chi connectivity index (χ1n) is 11.6. The van der Waals surface area contributed by atoms with Crippen LogP contribution in [0.3, 0.4) is 0 Å². The van der Waals surface area contributed by atoms with E-state index in [1.807, 2.05) is 67.7 Å². The van der Waals surface area contributed by atoms with Crippen LogP contribution in [0.4, 0.5) is 0 Å². The number of aromatic nitrogens is 3. The lowest BCUT2D eigenvalue weighted by Gasteiger charge is -2.09. The fourth-order valence-electron chi connectivity index (χ4n) is 3.95. The van der Waals surface area contributed by atoms with Crippen molar-refractivity contribution >= 4 is 27.7 Å². The van der Waals surface area contributed by atoms with Crippen LogP contribution in [0.25, 0.3) is 21.8 Å². The third-order valence-corrected chi connectivity index (χ3v) is 6.07. The van der Waals surface area contributed by atoms with E-state index in [-0.39, 0.29) is 11.5 Å². The minimum atomic E-state index is -0.0799. The summed E-state index contributed by atoms with van der Waals surface area (Å²) in [7, 11) is 0. The van der Waals surface area contributed by atoms with E-state index in [1.54, 1.807) is 4.57 Å². The summed E-state index contributed by atoms with van der Waals surface area (Å²) in [5.41, 5.74) is 4.76. The molecular weight excluding hydrogens is 422 g/mol. The average Bonchev–Trinajstić information content (AvgIpc) is 3.28. The van der Waals surface area contributed by atoms with E-state index in [1.165, 1.54) is 18.3 Å². The summed E-state index contributed by atoms with van der Waals surface area (Å²) in [4.78, 5) is 30.4. The van der Waals surface area contributed by atoms with Crippen molar-refractivity contribution in [2.45, 2.75) is 33.6 Å². The first-order chi connectivity index (χ1) is 16.5. The van der Waals surface area contributed by atoms with Gasteiger partial charge in [-0.25, -0.2) is 4.98 Å². The summed E-state index contributed by atoms with van der Waals surface area (Å²) in [6, 6.07) is 23.5. The molecule has 1 atom stereocenters. The third-order valence-electron chi connectivity index (χ3n) is 6.07. The monoisotopic (exact) mass is 451 g/mol. The van der Waals surface area contributed by atoms with Crippen molar-refractivity contribution in [1.82, 2.24) is 14.5 Å². The largest absolute Gasteiger partial charge is 0.313 e. The van der Waals surface area contributed by atoms with Gasteiger partial charge in [0.2, 0.25) is 0 Å². The van der Waals surface area contributed by atoms with E-state index < -0.39 is 0 Å². The van der Waals surface area contributed by atoms with E-state index in [2.05, 4.69) is 42.0 Å². The van der Waals surface area contributed by atoms with Gasteiger partial charge in [0.05, 0.1) is 22.7 Å². The maximum atomic E-state index is 12.6. The highest BCUT2D eigenvalue weighted by Crippen LogP contribution is 2.21. The highest BCUT2D eigenvalue weighted by atomic mass is 16.2. The lowest BCUT2D eigenvalue weighted by molar-refractivity contribution is 0.0965. The molecule has 0 aliphatic rings. The van der Waals surface area contributed by atoms with Gasteiger partial charge in [-0.15, -0.1) is 0 Å². The topological polar surface area (TPSA) is 67.8 Å². The predicted octanol–water partition coefficient (Wildman–Crippen LogP) is 6.15. The summed E-state index contributed by atoms with van der Waals surface area (Å²) in [6.45, 7) is 6.44. The standard InChI is InChI=1S/C20H21NO.C9H8N2O/c1-3-15(2)13-16-9-10-19-18(14-16)11-12-21(19)20(22)17-7-5-4-6-8-17;1-6-2-3-8-7(4-6)9(12)11-5-10-8/h4-12,14-15H,3,13H2,1-2H3;2-5H,1H3,(H,10,11,12). The van der Waals surface area contributed by atoms with Crippen molar-refractivity contribution in [3.63, 3.8) is 0 Å². The fourth-order valence-corrected chi connectivity index (χ4v) is 3.95. The third kappa shape index (κ3) is 5.15. The Labute approximate surface area is 199 Å². The van der Waals surface area contributed by atoms with Crippen LogP contribution in [0.1, 0.15) is 41.8 Å². The van der Waals surface area contributed by atoms with Crippen LogP contribution in [-0.2, 0) is 6.42 Å². The molecule has 0 amide bonds. The maximum absolute atomic E-state index is 12.6. The summed E-state index contributed by atoms with van der Waals surface area (Å²) in [5.74, 6) is 0.704. The number of hydrogen-bond donors (Lipinski definition) is 1. The molecule has 0 fully saturated rings. The second kappa shape index (κ2) is 10.3. The number of aryl methyl sites for hydroxylation is 1. The number of rotatable bonds is 4. The number of fused-ring (bicyclic) bond motifs is 2. The van der Waals surface area contributed by atoms with Gasteiger partial charge in [0.25, 0.3) is 11.5 Å². The van der Waals surface area contributed by atoms with Crippen LogP contribution in [0.2, 0.25) is 0 Å². The van der Waals surface area contributed by atoms with Crippen molar-refractivity contribution in [2.24, 2.45) is 5.92 Å². The highest BCUT2D eigenvalue weighted by molar-refractivity contribution is 6.02. The molecule has 5 aromatic rings. The van der Waals surface area contributed by atoms with E-state index in [4.69, 9.17) is 0 Å². The van der Waals surface area contributed by atoms with Gasteiger partial charge in [0.1, 0.15) is 0 Å². The van der Waals surface area contributed by atoms with Gasteiger partial charge < -0.3 is 4.98 Å². The van der Waals surface area contributed by atoms with E-state index in [0.717, 1.165) is 28.4 Å². The lowest BCUT2D eigenvalue weighted by atomic mass is 9.98. The van der Waals surface area contributed by atoms with Crippen LogP contribution in [-0.4, -0.2) is 20.4 Å². The number of hydrogen-bond acceptors (Lipinski definition) is 3. The molecule has 1 unspecified atom stereocenters. The second-order valence-corrected chi connectivity index (χ2v) is 8.72. The minimum Gasteiger partial charge on any atom is -0.313 e. The summed E-state index contributed by atoms with van der Waals surface area (Å²) >= 11 is 0. The van der Waals surface area contributed by atoms with Crippen molar-refractivity contribution in [1.29, 1.82) is 0 Å². The minimum absolute atomic E-state index is 0.0188. The van der Waals surface area contributed by atoms with Crippen molar-refractivity contribution < 1.29 is 4.79 Å². The van der Waals surface area contributed by atoms with E-state index >= 15 is 0 Å². The maximum Gasteiger partial charge on any atom is 0.262 e. The second-order valence-electron chi connectivity index (χ2n) is 8.72. The smallest absolute Gasteiger partial charge is 0.262 e. The Kier molecular flexibility index (Phi) is 7.02. The zero-order chi connectivity index (χ0) is 24.1. The molecule has 0 aliphatic carbocycles. The van der Waals surface area contributed by atoms with Crippen molar-refractivity contribution in [3.8, 4) is 0 Å². The molecule has 5 rings (SSSR count). The summed E-state index contributed by atoms with van der Waals surface area (Å²) < 4.78 is 1.73. The van der Waals surface area contributed by atoms with Gasteiger partial charge in [-0.3, -0.25) is 14.2 Å². The van der Waals surface area contributed by atoms with Gasteiger partial charge in [-0.2, -0.15) is 0 Å². The van der Waals surface area contributed by atoms with Crippen molar-refractivity contribution in [2.75, 3.05) is 0 Å². The SMILES string of the molecule is CCC(C)Cc1ccc2c(ccn2C(=O)c2ccccc2)c1.Cc1ccc2nc[nH]c(=O)c2c1. The Balaban J connectivity index is 0.000000192. The first-order valence-corrected chi connectivity index (χ1v) is 11.6. The number of nitrogens with zero attached hydrogens (tertiary/aromatic N) is 2.